The van der Waals surface area contributed by atoms with E-state index >= 15 is 0 Å². The van der Waals surface area contributed by atoms with Crippen LogP contribution in [0.3, 0.4) is 0 Å². The van der Waals surface area contributed by atoms with Gasteiger partial charge in [0.25, 0.3) is 0 Å². The fraction of sp³-hybridized carbons (Fsp3) is 1.00. The van der Waals surface area contributed by atoms with Gasteiger partial charge in [-0.2, -0.15) is 4.31 Å². The van der Waals surface area contributed by atoms with Crippen molar-refractivity contribution in [1.82, 2.24) is 14.5 Å². The standard InChI is InChI=1S/C14H29N3O2S/c1-12-10-17(11-13(2)16(12)3)20(18,19)9-7-14-6-4-5-8-15-14/h12-15H,4-11H2,1-3H3. The van der Waals surface area contributed by atoms with Gasteiger partial charge < -0.3 is 5.32 Å². The first-order chi connectivity index (χ1) is 9.40. The molecule has 2 aliphatic heterocycles. The van der Waals surface area contributed by atoms with Crippen LogP contribution in [0, 0.1) is 0 Å². The van der Waals surface area contributed by atoms with Crippen molar-refractivity contribution in [2.24, 2.45) is 0 Å². The second-order valence-corrected chi connectivity index (χ2v) is 8.52. The second-order valence-electron chi connectivity index (χ2n) is 6.43. The number of piperidine rings is 1. The number of likely N-dealkylation sites (N-methyl/N-ethyl adjacent to an activating group) is 1. The molecule has 5 nitrogen and oxygen atoms in total. The van der Waals surface area contributed by atoms with E-state index in [9.17, 15) is 8.42 Å². The van der Waals surface area contributed by atoms with E-state index in [2.05, 4.69) is 31.1 Å². The summed E-state index contributed by atoms with van der Waals surface area (Å²) in [4.78, 5) is 2.26. The monoisotopic (exact) mass is 303 g/mol. The molecule has 20 heavy (non-hydrogen) atoms. The van der Waals surface area contributed by atoms with Gasteiger partial charge in [-0.1, -0.05) is 6.42 Å². The summed E-state index contributed by atoms with van der Waals surface area (Å²) in [5.74, 6) is 0.286. The van der Waals surface area contributed by atoms with Crippen molar-refractivity contribution < 1.29 is 8.42 Å². The molecule has 2 saturated heterocycles. The van der Waals surface area contributed by atoms with E-state index in [0.717, 1.165) is 19.4 Å². The van der Waals surface area contributed by atoms with Crippen LogP contribution in [-0.4, -0.2) is 68.2 Å². The highest BCUT2D eigenvalue weighted by molar-refractivity contribution is 7.89. The number of nitrogens with zero attached hydrogens (tertiary/aromatic N) is 2. The van der Waals surface area contributed by atoms with Gasteiger partial charge in [-0.3, -0.25) is 4.90 Å². The van der Waals surface area contributed by atoms with Gasteiger partial charge >= 0.3 is 0 Å². The van der Waals surface area contributed by atoms with E-state index in [1.807, 2.05) is 0 Å². The molecule has 6 heteroatoms. The third kappa shape index (κ3) is 3.93. The molecular weight excluding hydrogens is 274 g/mol. The lowest BCUT2D eigenvalue weighted by molar-refractivity contribution is 0.105. The van der Waals surface area contributed by atoms with Crippen LogP contribution in [0.15, 0.2) is 0 Å². The predicted molar refractivity (Wildman–Crippen MR) is 82.3 cm³/mol. The Kier molecular flexibility index (Phi) is 5.45. The van der Waals surface area contributed by atoms with E-state index in [1.165, 1.54) is 12.8 Å². The van der Waals surface area contributed by atoms with Gasteiger partial charge in [0, 0.05) is 31.2 Å². The summed E-state index contributed by atoms with van der Waals surface area (Å²) in [7, 11) is -1.03. The smallest absolute Gasteiger partial charge is 0.214 e. The minimum absolute atomic E-state index is 0.286. The molecule has 0 aromatic heterocycles. The van der Waals surface area contributed by atoms with E-state index in [-0.39, 0.29) is 5.75 Å². The molecule has 118 valence electrons. The molecule has 2 fully saturated rings. The summed E-state index contributed by atoms with van der Waals surface area (Å²) >= 11 is 0. The SMILES string of the molecule is CC1CN(S(=O)(=O)CCC2CCCCN2)CC(C)N1C. The molecular formula is C14H29N3O2S. The Bertz CT molecular complexity index is 395. The topological polar surface area (TPSA) is 52.7 Å². The first-order valence-corrected chi connectivity index (χ1v) is 9.44. The van der Waals surface area contributed by atoms with E-state index in [1.54, 1.807) is 4.31 Å². The fourth-order valence-corrected chi connectivity index (χ4v) is 4.90. The van der Waals surface area contributed by atoms with Crippen molar-refractivity contribution >= 4 is 10.0 Å². The zero-order valence-electron chi connectivity index (χ0n) is 13.0. The fourth-order valence-electron chi connectivity index (χ4n) is 3.17. The minimum Gasteiger partial charge on any atom is -0.314 e. The average molecular weight is 303 g/mol. The van der Waals surface area contributed by atoms with Crippen LogP contribution < -0.4 is 5.32 Å². The van der Waals surface area contributed by atoms with Gasteiger partial charge in [0.1, 0.15) is 0 Å². The summed E-state index contributed by atoms with van der Waals surface area (Å²) in [5, 5.41) is 3.43. The van der Waals surface area contributed by atoms with Crippen LogP contribution >= 0.6 is 0 Å². The van der Waals surface area contributed by atoms with Crippen molar-refractivity contribution in [3.63, 3.8) is 0 Å². The molecule has 0 aliphatic carbocycles. The highest BCUT2D eigenvalue weighted by Crippen LogP contribution is 2.18. The number of hydrogen-bond acceptors (Lipinski definition) is 4. The Morgan fingerprint density at radius 1 is 1.15 bits per heavy atom. The molecule has 0 spiro atoms. The second kappa shape index (κ2) is 6.73. The summed E-state index contributed by atoms with van der Waals surface area (Å²) < 4.78 is 26.7. The van der Waals surface area contributed by atoms with Gasteiger partial charge in [-0.15, -0.1) is 0 Å². The molecule has 2 aliphatic rings. The molecule has 0 aromatic rings. The number of sulfonamides is 1. The Labute approximate surface area is 123 Å². The number of rotatable bonds is 4. The largest absolute Gasteiger partial charge is 0.314 e. The maximum Gasteiger partial charge on any atom is 0.214 e. The number of nitrogens with one attached hydrogen (secondary N) is 1. The maximum atomic E-state index is 12.5. The van der Waals surface area contributed by atoms with Crippen LogP contribution in [-0.2, 0) is 10.0 Å². The maximum absolute atomic E-state index is 12.5. The first-order valence-electron chi connectivity index (χ1n) is 7.83. The zero-order chi connectivity index (χ0) is 14.8. The van der Waals surface area contributed by atoms with Crippen molar-refractivity contribution in [3.8, 4) is 0 Å². The van der Waals surface area contributed by atoms with Crippen LogP contribution in [0.1, 0.15) is 39.5 Å². The van der Waals surface area contributed by atoms with E-state index in [4.69, 9.17) is 0 Å². The van der Waals surface area contributed by atoms with Crippen LogP contribution in [0.5, 0.6) is 0 Å². The Balaban J connectivity index is 1.89. The third-order valence-corrected chi connectivity index (χ3v) is 6.69. The molecule has 1 N–H and O–H groups in total. The van der Waals surface area contributed by atoms with Gasteiger partial charge in [-0.05, 0) is 46.7 Å². The van der Waals surface area contributed by atoms with Gasteiger partial charge in [0.05, 0.1) is 5.75 Å². The average Bonchev–Trinajstić information content (AvgIpc) is 2.43. The highest BCUT2D eigenvalue weighted by atomic mass is 32.2. The predicted octanol–water partition coefficient (Wildman–Crippen LogP) is 0.873. The summed E-state index contributed by atoms with van der Waals surface area (Å²) in [6.07, 6.45) is 4.31. The van der Waals surface area contributed by atoms with Gasteiger partial charge in [-0.25, -0.2) is 8.42 Å². The number of hydrogen-bond donors (Lipinski definition) is 1. The summed E-state index contributed by atoms with van der Waals surface area (Å²) in [6, 6.07) is 0.975. The molecule has 2 rings (SSSR count). The molecule has 0 bridgehead atoms. The molecule has 0 amide bonds. The third-order valence-electron chi connectivity index (χ3n) is 4.86. The minimum atomic E-state index is -3.11. The molecule has 3 unspecified atom stereocenters. The van der Waals surface area contributed by atoms with E-state index < -0.39 is 10.0 Å². The quantitative estimate of drug-likeness (QED) is 0.837. The zero-order valence-corrected chi connectivity index (χ0v) is 13.8. The lowest BCUT2D eigenvalue weighted by atomic mass is 10.0. The van der Waals surface area contributed by atoms with Crippen molar-refractivity contribution in [2.45, 2.75) is 57.7 Å². The Hall–Kier alpha value is -0.170. The summed E-state index contributed by atoms with van der Waals surface area (Å²) in [5.41, 5.74) is 0. The Morgan fingerprint density at radius 3 is 2.35 bits per heavy atom. The van der Waals surface area contributed by atoms with Crippen molar-refractivity contribution in [1.29, 1.82) is 0 Å². The van der Waals surface area contributed by atoms with Gasteiger partial charge in [0.15, 0.2) is 0 Å². The lowest BCUT2D eigenvalue weighted by Crippen LogP contribution is -2.56. The highest BCUT2D eigenvalue weighted by Gasteiger charge is 2.33. The molecule has 2 heterocycles. The molecule has 0 saturated carbocycles. The van der Waals surface area contributed by atoms with Crippen molar-refractivity contribution in [3.05, 3.63) is 0 Å². The molecule has 3 atom stereocenters. The number of piperazine rings is 1. The van der Waals surface area contributed by atoms with Crippen LogP contribution in [0.25, 0.3) is 0 Å². The summed E-state index contributed by atoms with van der Waals surface area (Å²) in [6.45, 7) is 6.48. The molecule has 0 radical (unpaired) electrons. The normalized spacial score (nSPS) is 34.2. The van der Waals surface area contributed by atoms with Crippen molar-refractivity contribution in [2.75, 3.05) is 32.4 Å². The van der Waals surface area contributed by atoms with Crippen LogP contribution in [0.4, 0.5) is 0 Å². The Morgan fingerprint density at radius 2 is 1.80 bits per heavy atom. The lowest BCUT2D eigenvalue weighted by Gasteiger charge is -2.41. The van der Waals surface area contributed by atoms with Gasteiger partial charge in [0.2, 0.25) is 10.0 Å². The first kappa shape index (κ1) is 16.2. The van der Waals surface area contributed by atoms with Crippen LogP contribution in [0.2, 0.25) is 0 Å². The van der Waals surface area contributed by atoms with E-state index in [0.29, 0.717) is 31.2 Å². The molecule has 0 aromatic carbocycles.